The van der Waals surface area contributed by atoms with Crippen molar-refractivity contribution in [1.82, 2.24) is 0 Å². The average Bonchev–Trinajstić information content (AvgIpc) is 2.21. The van der Waals surface area contributed by atoms with Crippen LogP contribution in [-0.4, -0.2) is 12.5 Å². The molecule has 0 aliphatic carbocycles. The van der Waals surface area contributed by atoms with Crippen LogP contribution in [0.25, 0.3) is 0 Å². The van der Waals surface area contributed by atoms with Gasteiger partial charge in [0, 0.05) is 5.02 Å². The van der Waals surface area contributed by atoms with Crippen LogP contribution in [0.1, 0.15) is 11.1 Å². The largest absolute Gasteiger partial charge is 0.481 e. The minimum atomic E-state index is 0.335. The fourth-order valence-corrected chi connectivity index (χ4v) is 1.41. The van der Waals surface area contributed by atoms with E-state index in [2.05, 4.69) is 11.8 Å². The fraction of sp³-hybridized carbons (Fsp3) is 0.333. The Balaban J connectivity index is 2.70. The zero-order chi connectivity index (χ0) is 11.3. The topological polar surface area (TPSA) is 9.23 Å². The van der Waals surface area contributed by atoms with E-state index < -0.39 is 0 Å². The third-order valence-corrected chi connectivity index (χ3v) is 2.64. The van der Waals surface area contributed by atoms with Crippen LogP contribution < -0.4 is 4.74 Å². The van der Waals surface area contributed by atoms with E-state index in [0.29, 0.717) is 12.5 Å². The van der Waals surface area contributed by atoms with E-state index in [1.165, 1.54) is 0 Å². The van der Waals surface area contributed by atoms with Crippen LogP contribution in [0.4, 0.5) is 0 Å². The maximum atomic E-state index is 6.03. The zero-order valence-corrected chi connectivity index (χ0v) is 10.2. The lowest BCUT2D eigenvalue weighted by atomic mass is 10.1. The molecule has 0 fully saturated rings. The van der Waals surface area contributed by atoms with Crippen molar-refractivity contribution >= 4 is 23.2 Å². The van der Waals surface area contributed by atoms with Crippen LogP contribution in [0.5, 0.6) is 5.75 Å². The van der Waals surface area contributed by atoms with Gasteiger partial charge >= 0.3 is 0 Å². The minimum Gasteiger partial charge on any atom is -0.481 e. The van der Waals surface area contributed by atoms with E-state index in [0.717, 1.165) is 21.9 Å². The van der Waals surface area contributed by atoms with Gasteiger partial charge in [0.2, 0.25) is 0 Å². The average molecular weight is 243 g/mol. The van der Waals surface area contributed by atoms with Crippen LogP contribution in [0, 0.1) is 25.7 Å². The van der Waals surface area contributed by atoms with E-state index in [4.69, 9.17) is 27.9 Å². The third-order valence-electron chi connectivity index (χ3n) is 1.91. The van der Waals surface area contributed by atoms with Crippen molar-refractivity contribution in [3.05, 3.63) is 28.3 Å². The second-order valence-electron chi connectivity index (χ2n) is 3.15. The highest BCUT2D eigenvalue weighted by molar-refractivity contribution is 6.32. The highest BCUT2D eigenvalue weighted by atomic mass is 35.5. The maximum absolute atomic E-state index is 6.03. The van der Waals surface area contributed by atoms with Gasteiger partial charge in [0.05, 0.1) is 5.88 Å². The summed E-state index contributed by atoms with van der Waals surface area (Å²) in [7, 11) is 0. The molecule has 1 nitrogen and oxygen atoms in total. The van der Waals surface area contributed by atoms with Crippen molar-refractivity contribution in [3.8, 4) is 17.6 Å². The first kappa shape index (κ1) is 12.2. The summed E-state index contributed by atoms with van der Waals surface area (Å²) in [5, 5.41) is 0.786. The predicted octanol–water partition coefficient (Wildman–Crippen LogP) is 3.58. The Hall–Kier alpha value is -0.840. The van der Waals surface area contributed by atoms with E-state index >= 15 is 0 Å². The Morgan fingerprint density at radius 2 is 1.80 bits per heavy atom. The normalized spacial score (nSPS) is 9.33. The number of halogens is 2. The summed E-state index contributed by atoms with van der Waals surface area (Å²) in [4.78, 5) is 0. The van der Waals surface area contributed by atoms with E-state index in [1.54, 1.807) is 0 Å². The Bertz CT molecular complexity index is 379. The van der Waals surface area contributed by atoms with Crippen LogP contribution in [0.2, 0.25) is 5.02 Å². The van der Waals surface area contributed by atoms with E-state index in [1.807, 2.05) is 26.0 Å². The number of benzene rings is 1. The first-order valence-electron chi connectivity index (χ1n) is 4.56. The molecule has 0 saturated carbocycles. The molecule has 0 radical (unpaired) electrons. The molecule has 0 N–H and O–H groups in total. The summed E-state index contributed by atoms with van der Waals surface area (Å²) < 4.78 is 5.43. The van der Waals surface area contributed by atoms with Gasteiger partial charge < -0.3 is 4.74 Å². The monoisotopic (exact) mass is 242 g/mol. The predicted molar refractivity (Wildman–Crippen MR) is 64.9 cm³/mol. The van der Waals surface area contributed by atoms with E-state index in [9.17, 15) is 0 Å². The second kappa shape index (κ2) is 5.90. The summed E-state index contributed by atoms with van der Waals surface area (Å²) in [5.74, 6) is 6.65. The molecular formula is C12H12Cl2O. The van der Waals surface area contributed by atoms with Crippen molar-refractivity contribution in [2.45, 2.75) is 13.8 Å². The van der Waals surface area contributed by atoms with Gasteiger partial charge in [0.25, 0.3) is 0 Å². The molecule has 0 heterocycles. The lowest BCUT2D eigenvalue weighted by Gasteiger charge is -2.07. The van der Waals surface area contributed by atoms with E-state index in [-0.39, 0.29) is 0 Å². The number of alkyl halides is 1. The Morgan fingerprint density at radius 3 is 2.33 bits per heavy atom. The molecule has 1 rings (SSSR count). The molecule has 0 bridgehead atoms. The number of ether oxygens (including phenoxy) is 1. The lowest BCUT2D eigenvalue weighted by molar-refractivity contribution is 0.369. The second-order valence-corrected chi connectivity index (χ2v) is 3.79. The highest BCUT2D eigenvalue weighted by Gasteiger charge is 2.02. The highest BCUT2D eigenvalue weighted by Crippen LogP contribution is 2.25. The number of aryl methyl sites for hydroxylation is 2. The molecule has 1 aromatic rings. The minimum absolute atomic E-state index is 0.335. The van der Waals surface area contributed by atoms with Crippen molar-refractivity contribution in [3.63, 3.8) is 0 Å². The molecule has 80 valence electrons. The van der Waals surface area contributed by atoms with Gasteiger partial charge in [0.15, 0.2) is 0 Å². The lowest BCUT2D eigenvalue weighted by Crippen LogP contribution is -1.95. The molecule has 3 heteroatoms. The molecule has 15 heavy (non-hydrogen) atoms. The number of hydrogen-bond acceptors (Lipinski definition) is 1. The smallest absolute Gasteiger partial charge is 0.149 e. The number of hydrogen-bond donors (Lipinski definition) is 0. The molecular weight excluding hydrogens is 231 g/mol. The molecule has 0 atom stereocenters. The molecule has 1 aromatic carbocycles. The first-order valence-corrected chi connectivity index (χ1v) is 5.47. The number of rotatable bonds is 2. The SMILES string of the molecule is Cc1cc(OCC#CCCl)cc(C)c1Cl. The summed E-state index contributed by atoms with van der Waals surface area (Å²) in [5.41, 5.74) is 2.02. The Morgan fingerprint density at radius 1 is 1.20 bits per heavy atom. The van der Waals surface area contributed by atoms with Crippen LogP contribution in [0.3, 0.4) is 0 Å². The fourth-order valence-electron chi connectivity index (χ4n) is 1.21. The van der Waals surface area contributed by atoms with Gasteiger partial charge in [-0.1, -0.05) is 23.4 Å². The Labute approximate surface area is 100 Å². The molecule has 0 aliphatic rings. The van der Waals surface area contributed by atoms with Gasteiger partial charge in [-0.15, -0.1) is 11.6 Å². The molecule has 0 spiro atoms. The first-order chi connectivity index (χ1) is 7.15. The van der Waals surface area contributed by atoms with Crippen molar-refractivity contribution in [1.29, 1.82) is 0 Å². The summed E-state index contributed by atoms with van der Waals surface area (Å²) in [6.45, 7) is 4.26. The van der Waals surface area contributed by atoms with Crippen molar-refractivity contribution in [2.24, 2.45) is 0 Å². The van der Waals surface area contributed by atoms with Gasteiger partial charge in [-0.2, -0.15) is 0 Å². The van der Waals surface area contributed by atoms with Crippen LogP contribution in [0.15, 0.2) is 12.1 Å². The quantitative estimate of drug-likeness (QED) is 0.569. The van der Waals surface area contributed by atoms with Gasteiger partial charge in [0.1, 0.15) is 12.4 Å². The maximum Gasteiger partial charge on any atom is 0.149 e. The molecule has 0 saturated heterocycles. The van der Waals surface area contributed by atoms with Gasteiger partial charge in [-0.05, 0) is 37.1 Å². The van der Waals surface area contributed by atoms with Crippen LogP contribution >= 0.6 is 23.2 Å². The molecule has 0 amide bonds. The molecule has 0 unspecified atom stereocenters. The summed E-state index contributed by atoms with van der Waals surface area (Å²) >= 11 is 11.4. The summed E-state index contributed by atoms with van der Waals surface area (Å²) in [6, 6.07) is 3.80. The Kier molecular flexibility index (Phi) is 4.81. The van der Waals surface area contributed by atoms with Crippen LogP contribution in [-0.2, 0) is 0 Å². The zero-order valence-electron chi connectivity index (χ0n) is 8.73. The third kappa shape index (κ3) is 3.66. The van der Waals surface area contributed by atoms with Crippen molar-refractivity contribution in [2.75, 3.05) is 12.5 Å². The standard InChI is InChI=1S/C12H12Cl2O/c1-9-7-11(8-10(2)12(9)14)15-6-4-3-5-13/h7-8H,5-6H2,1-2H3. The molecule has 0 aliphatic heterocycles. The van der Waals surface area contributed by atoms with Gasteiger partial charge in [-0.25, -0.2) is 0 Å². The summed E-state index contributed by atoms with van der Waals surface area (Å²) in [6.07, 6.45) is 0. The van der Waals surface area contributed by atoms with Crippen molar-refractivity contribution < 1.29 is 4.74 Å². The van der Waals surface area contributed by atoms with Gasteiger partial charge in [-0.3, -0.25) is 0 Å². The molecule has 0 aromatic heterocycles.